The quantitative estimate of drug-likeness (QED) is 0.887. The van der Waals surface area contributed by atoms with Gasteiger partial charge in [-0.3, -0.25) is 0 Å². The minimum atomic E-state index is -0.465. The molecule has 0 spiro atoms. The van der Waals surface area contributed by atoms with Crippen molar-refractivity contribution in [3.05, 3.63) is 70.0 Å². The van der Waals surface area contributed by atoms with Gasteiger partial charge < -0.3 is 5.73 Å². The van der Waals surface area contributed by atoms with Gasteiger partial charge in [-0.25, -0.2) is 4.39 Å². The lowest BCUT2D eigenvalue weighted by Gasteiger charge is -2.14. The predicted molar refractivity (Wildman–Crippen MR) is 73.3 cm³/mol. The third-order valence-electron chi connectivity index (χ3n) is 3.04. The van der Waals surface area contributed by atoms with Crippen molar-refractivity contribution in [3.63, 3.8) is 0 Å². The predicted octanol–water partition coefficient (Wildman–Crippen LogP) is 4.09. The fourth-order valence-corrected chi connectivity index (χ4v) is 2.05. The molecule has 0 aliphatic carbocycles. The van der Waals surface area contributed by atoms with E-state index in [-0.39, 0.29) is 5.82 Å². The van der Waals surface area contributed by atoms with Crippen molar-refractivity contribution in [1.29, 1.82) is 0 Å². The Kier molecular flexibility index (Phi) is 4.00. The first-order valence-corrected chi connectivity index (χ1v) is 6.29. The molecule has 0 bridgehead atoms. The summed E-state index contributed by atoms with van der Waals surface area (Å²) >= 11 is 5.73. The maximum atomic E-state index is 13.8. The van der Waals surface area contributed by atoms with Crippen LogP contribution in [0.25, 0.3) is 0 Å². The normalized spacial score (nSPS) is 12.4. The molecule has 2 aromatic rings. The number of hydrogen-bond donors (Lipinski definition) is 1. The fourth-order valence-electron chi connectivity index (χ4n) is 1.89. The Bertz CT molecular complexity index is 537. The monoisotopic (exact) mass is 263 g/mol. The molecular weight excluding hydrogens is 249 g/mol. The SMILES string of the molecule is CCc1ccc(C(N)c2ccc(Cl)cc2F)cc1. The zero-order valence-electron chi connectivity index (χ0n) is 10.2. The molecule has 0 radical (unpaired) electrons. The van der Waals surface area contributed by atoms with Crippen LogP contribution < -0.4 is 5.73 Å². The van der Waals surface area contributed by atoms with Crippen molar-refractivity contribution in [2.24, 2.45) is 5.73 Å². The van der Waals surface area contributed by atoms with Gasteiger partial charge in [0, 0.05) is 10.6 Å². The molecule has 0 fully saturated rings. The summed E-state index contributed by atoms with van der Waals surface area (Å²) < 4.78 is 13.8. The highest BCUT2D eigenvalue weighted by molar-refractivity contribution is 6.30. The molecule has 94 valence electrons. The van der Waals surface area contributed by atoms with Gasteiger partial charge in [-0.1, -0.05) is 48.9 Å². The van der Waals surface area contributed by atoms with Crippen LogP contribution in [0.3, 0.4) is 0 Å². The number of nitrogens with two attached hydrogens (primary N) is 1. The highest BCUT2D eigenvalue weighted by atomic mass is 35.5. The van der Waals surface area contributed by atoms with E-state index < -0.39 is 6.04 Å². The summed E-state index contributed by atoms with van der Waals surface area (Å²) in [6.45, 7) is 2.09. The summed E-state index contributed by atoms with van der Waals surface area (Å²) in [5, 5.41) is 0.379. The largest absolute Gasteiger partial charge is 0.320 e. The van der Waals surface area contributed by atoms with Crippen molar-refractivity contribution in [2.75, 3.05) is 0 Å². The maximum absolute atomic E-state index is 13.8. The molecule has 0 aromatic heterocycles. The zero-order valence-corrected chi connectivity index (χ0v) is 10.9. The average molecular weight is 264 g/mol. The van der Waals surface area contributed by atoms with Crippen LogP contribution in [0.1, 0.15) is 29.7 Å². The highest BCUT2D eigenvalue weighted by Crippen LogP contribution is 2.24. The standard InChI is InChI=1S/C15H15ClFN/c1-2-10-3-5-11(6-4-10)15(18)13-8-7-12(16)9-14(13)17/h3-9,15H,2,18H2,1H3. The van der Waals surface area contributed by atoms with Crippen molar-refractivity contribution in [3.8, 4) is 0 Å². The minimum absolute atomic E-state index is 0.366. The van der Waals surface area contributed by atoms with E-state index in [1.807, 2.05) is 24.3 Å². The molecule has 2 N–H and O–H groups in total. The third kappa shape index (κ3) is 2.71. The lowest BCUT2D eigenvalue weighted by molar-refractivity contribution is 0.600. The second-order valence-electron chi connectivity index (χ2n) is 4.24. The van der Waals surface area contributed by atoms with E-state index in [9.17, 15) is 4.39 Å². The summed E-state index contributed by atoms with van der Waals surface area (Å²) in [6.07, 6.45) is 0.977. The van der Waals surface area contributed by atoms with E-state index in [1.54, 1.807) is 12.1 Å². The molecule has 2 aromatic carbocycles. The van der Waals surface area contributed by atoms with Crippen LogP contribution in [0.2, 0.25) is 5.02 Å². The number of aryl methyl sites for hydroxylation is 1. The summed E-state index contributed by atoms with van der Waals surface area (Å²) in [6, 6.07) is 12.0. The molecule has 0 saturated heterocycles. The van der Waals surface area contributed by atoms with E-state index in [0.717, 1.165) is 12.0 Å². The lowest BCUT2D eigenvalue weighted by atomic mass is 9.98. The van der Waals surface area contributed by atoms with Crippen LogP contribution >= 0.6 is 11.6 Å². The highest BCUT2D eigenvalue weighted by Gasteiger charge is 2.13. The topological polar surface area (TPSA) is 26.0 Å². The summed E-state index contributed by atoms with van der Waals surface area (Å²) in [4.78, 5) is 0. The number of halogens is 2. The van der Waals surface area contributed by atoms with E-state index >= 15 is 0 Å². The van der Waals surface area contributed by atoms with Gasteiger partial charge in [0.1, 0.15) is 5.82 Å². The number of rotatable bonds is 3. The molecule has 0 saturated carbocycles. The molecule has 1 unspecified atom stereocenters. The van der Waals surface area contributed by atoms with Gasteiger partial charge in [0.2, 0.25) is 0 Å². The second kappa shape index (κ2) is 5.51. The van der Waals surface area contributed by atoms with Gasteiger partial charge in [0.15, 0.2) is 0 Å². The Balaban J connectivity index is 2.31. The van der Waals surface area contributed by atoms with E-state index in [2.05, 4.69) is 6.92 Å². The Labute approximate surface area is 111 Å². The minimum Gasteiger partial charge on any atom is -0.320 e. The third-order valence-corrected chi connectivity index (χ3v) is 3.28. The first-order valence-electron chi connectivity index (χ1n) is 5.91. The van der Waals surface area contributed by atoms with Crippen LogP contribution in [0.5, 0.6) is 0 Å². The molecular formula is C15H15ClFN. The van der Waals surface area contributed by atoms with Crippen LogP contribution in [0.4, 0.5) is 4.39 Å². The Morgan fingerprint density at radius 2 is 1.83 bits per heavy atom. The van der Waals surface area contributed by atoms with Crippen LogP contribution in [-0.4, -0.2) is 0 Å². The van der Waals surface area contributed by atoms with E-state index in [4.69, 9.17) is 17.3 Å². The van der Waals surface area contributed by atoms with Crippen molar-refractivity contribution < 1.29 is 4.39 Å². The van der Waals surface area contributed by atoms with Crippen LogP contribution in [0, 0.1) is 5.82 Å². The molecule has 0 amide bonds. The summed E-state index contributed by atoms with van der Waals surface area (Å²) in [5.41, 5.74) is 8.67. The molecule has 0 heterocycles. The maximum Gasteiger partial charge on any atom is 0.129 e. The second-order valence-corrected chi connectivity index (χ2v) is 4.68. The fraction of sp³-hybridized carbons (Fsp3) is 0.200. The first-order chi connectivity index (χ1) is 8.61. The molecule has 18 heavy (non-hydrogen) atoms. The van der Waals surface area contributed by atoms with Gasteiger partial charge in [-0.2, -0.15) is 0 Å². The zero-order chi connectivity index (χ0) is 13.1. The lowest BCUT2D eigenvalue weighted by Crippen LogP contribution is -2.13. The van der Waals surface area contributed by atoms with Gasteiger partial charge in [0.25, 0.3) is 0 Å². The van der Waals surface area contributed by atoms with Crippen molar-refractivity contribution >= 4 is 11.6 Å². The van der Waals surface area contributed by atoms with Crippen LogP contribution in [0.15, 0.2) is 42.5 Å². The molecule has 1 nitrogen and oxygen atoms in total. The molecule has 3 heteroatoms. The van der Waals surface area contributed by atoms with Gasteiger partial charge in [-0.05, 0) is 29.7 Å². The average Bonchev–Trinajstić information content (AvgIpc) is 2.38. The molecule has 0 aliphatic rings. The van der Waals surface area contributed by atoms with E-state index in [0.29, 0.717) is 10.6 Å². The Morgan fingerprint density at radius 1 is 1.17 bits per heavy atom. The van der Waals surface area contributed by atoms with Gasteiger partial charge >= 0.3 is 0 Å². The smallest absolute Gasteiger partial charge is 0.129 e. The number of benzene rings is 2. The first kappa shape index (κ1) is 13.1. The van der Waals surface area contributed by atoms with Gasteiger partial charge in [-0.15, -0.1) is 0 Å². The van der Waals surface area contributed by atoms with Crippen LogP contribution in [-0.2, 0) is 6.42 Å². The Morgan fingerprint density at radius 3 is 2.39 bits per heavy atom. The molecule has 0 aliphatic heterocycles. The molecule has 2 rings (SSSR count). The van der Waals surface area contributed by atoms with Gasteiger partial charge in [0.05, 0.1) is 6.04 Å². The summed E-state index contributed by atoms with van der Waals surface area (Å²) in [5.74, 6) is -0.366. The number of hydrogen-bond acceptors (Lipinski definition) is 1. The molecule has 1 atom stereocenters. The van der Waals surface area contributed by atoms with Crippen molar-refractivity contribution in [1.82, 2.24) is 0 Å². The van der Waals surface area contributed by atoms with Crippen molar-refractivity contribution in [2.45, 2.75) is 19.4 Å². The Hall–Kier alpha value is -1.38. The van der Waals surface area contributed by atoms with E-state index in [1.165, 1.54) is 11.6 Å². The summed E-state index contributed by atoms with van der Waals surface area (Å²) in [7, 11) is 0.